The molecule has 9 heavy (non-hydrogen) atoms. The second kappa shape index (κ2) is 3.50. The molecule has 0 saturated carbocycles. The maximum Gasteiger partial charge on any atom is 0.103 e. The highest BCUT2D eigenvalue weighted by Crippen LogP contribution is 2.42. The zero-order valence-corrected chi connectivity index (χ0v) is 7.03. The maximum atomic E-state index is 5.53. The molecule has 0 bridgehead atoms. The molecular formula is C6H14NOP. The highest BCUT2D eigenvalue weighted by molar-refractivity contribution is 7.49. The molecule has 0 spiro atoms. The molecule has 1 unspecified atom stereocenters. The van der Waals surface area contributed by atoms with Gasteiger partial charge >= 0.3 is 0 Å². The van der Waals surface area contributed by atoms with Gasteiger partial charge in [0.15, 0.2) is 0 Å². The summed E-state index contributed by atoms with van der Waals surface area (Å²) in [4.78, 5) is 0. The van der Waals surface area contributed by atoms with Crippen molar-refractivity contribution in [1.82, 2.24) is 4.67 Å². The fourth-order valence-corrected chi connectivity index (χ4v) is 2.57. The SMILES string of the molecule is CCP1OCCCN1C. The molecular weight excluding hydrogens is 133 g/mol. The first-order chi connectivity index (χ1) is 4.34. The lowest BCUT2D eigenvalue weighted by Gasteiger charge is -2.30. The van der Waals surface area contributed by atoms with Gasteiger partial charge in [0.25, 0.3) is 0 Å². The topological polar surface area (TPSA) is 12.5 Å². The van der Waals surface area contributed by atoms with Gasteiger partial charge in [-0.25, -0.2) is 0 Å². The van der Waals surface area contributed by atoms with E-state index in [-0.39, 0.29) is 8.30 Å². The Morgan fingerprint density at radius 3 is 2.89 bits per heavy atom. The summed E-state index contributed by atoms with van der Waals surface area (Å²) in [5.41, 5.74) is 0. The molecule has 0 aromatic heterocycles. The van der Waals surface area contributed by atoms with Gasteiger partial charge in [0, 0.05) is 12.7 Å². The number of rotatable bonds is 1. The van der Waals surface area contributed by atoms with Crippen LogP contribution in [0.4, 0.5) is 0 Å². The van der Waals surface area contributed by atoms with Crippen molar-refractivity contribution in [1.29, 1.82) is 0 Å². The van der Waals surface area contributed by atoms with Crippen molar-refractivity contribution in [3.8, 4) is 0 Å². The average Bonchev–Trinajstić information content (AvgIpc) is 1.89. The lowest BCUT2D eigenvalue weighted by atomic mass is 10.5. The van der Waals surface area contributed by atoms with Gasteiger partial charge in [-0.1, -0.05) is 6.92 Å². The monoisotopic (exact) mass is 147 g/mol. The van der Waals surface area contributed by atoms with Crippen LogP contribution >= 0.6 is 8.30 Å². The van der Waals surface area contributed by atoms with E-state index in [1.54, 1.807) is 0 Å². The number of hydrogen-bond acceptors (Lipinski definition) is 2. The van der Waals surface area contributed by atoms with Crippen LogP contribution in [-0.2, 0) is 4.52 Å². The molecule has 0 N–H and O–H groups in total. The van der Waals surface area contributed by atoms with E-state index in [1.807, 2.05) is 0 Å². The summed E-state index contributed by atoms with van der Waals surface area (Å²) in [6.07, 6.45) is 2.38. The standard InChI is InChI=1S/C6H14NOP/c1-3-9-7(2)5-4-6-8-9/h3-6H2,1-2H3. The van der Waals surface area contributed by atoms with Gasteiger partial charge in [0.2, 0.25) is 0 Å². The predicted octanol–water partition coefficient (Wildman–Crippen LogP) is 1.67. The predicted molar refractivity (Wildman–Crippen MR) is 40.7 cm³/mol. The van der Waals surface area contributed by atoms with E-state index in [9.17, 15) is 0 Å². The molecule has 1 rings (SSSR count). The molecule has 1 fully saturated rings. The minimum Gasteiger partial charge on any atom is -0.344 e. The van der Waals surface area contributed by atoms with Gasteiger partial charge in [-0.2, -0.15) is 0 Å². The first-order valence-corrected chi connectivity index (χ1v) is 4.86. The Labute approximate surface area is 58.1 Å². The zero-order chi connectivity index (χ0) is 6.69. The molecule has 0 amide bonds. The Morgan fingerprint density at radius 2 is 2.44 bits per heavy atom. The third-order valence-corrected chi connectivity index (χ3v) is 3.50. The smallest absolute Gasteiger partial charge is 0.103 e. The Hall–Kier alpha value is 0.350. The molecule has 1 aliphatic heterocycles. The van der Waals surface area contributed by atoms with Crippen LogP contribution in [0, 0.1) is 0 Å². The number of hydrogen-bond donors (Lipinski definition) is 0. The van der Waals surface area contributed by atoms with Crippen LogP contribution in [-0.4, -0.2) is 31.0 Å². The van der Waals surface area contributed by atoms with E-state index in [1.165, 1.54) is 19.1 Å². The lowest BCUT2D eigenvalue weighted by Crippen LogP contribution is -2.22. The van der Waals surface area contributed by atoms with Crippen LogP contribution in [0.2, 0.25) is 0 Å². The van der Waals surface area contributed by atoms with Gasteiger partial charge in [-0.3, -0.25) is 4.67 Å². The van der Waals surface area contributed by atoms with Crippen LogP contribution in [0.5, 0.6) is 0 Å². The minimum absolute atomic E-state index is 0.197. The molecule has 2 nitrogen and oxygen atoms in total. The van der Waals surface area contributed by atoms with Crippen LogP contribution < -0.4 is 0 Å². The molecule has 0 aromatic rings. The van der Waals surface area contributed by atoms with E-state index in [0.717, 1.165) is 6.61 Å². The fraction of sp³-hybridized carbons (Fsp3) is 1.00. The van der Waals surface area contributed by atoms with Gasteiger partial charge in [-0.05, 0) is 13.5 Å². The Balaban J connectivity index is 2.30. The summed E-state index contributed by atoms with van der Waals surface area (Å²) in [5, 5.41) is 0. The summed E-state index contributed by atoms with van der Waals surface area (Å²) in [5.74, 6) is 0. The quantitative estimate of drug-likeness (QED) is 0.523. The van der Waals surface area contributed by atoms with Crippen molar-refractivity contribution in [2.45, 2.75) is 13.3 Å². The molecule has 0 radical (unpaired) electrons. The fourth-order valence-electron chi connectivity index (χ4n) is 1.01. The first-order valence-electron chi connectivity index (χ1n) is 3.46. The van der Waals surface area contributed by atoms with Gasteiger partial charge in [0.05, 0.1) is 6.61 Å². The molecule has 0 aliphatic carbocycles. The van der Waals surface area contributed by atoms with E-state index < -0.39 is 0 Å². The van der Waals surface area contributed by atoms with Gasteiger partial charge < -0.3 is 4.52 Å². The third-order valence-electron chi connectivity index (χ3n) is 1.52. The van der Waals surface area contributed by atoms with Crippen molar-refractivity contribution in [2.24, 2.45) is 0 Å². The van der Waals surface area contributed by atoms with Crippen molar-refractivity contribution in [2.75, 3.05) is 26.4 Å². The number of nitrogens with zero attached hydrogens (tertiary/aromatic N) is 1. The van der Waals surface area contributed by atoms with Crippen LogP contribution in [0.25, 0.3) is 0 Å². The van der Waals surface area contributed by atoms with Crippen LogP contribution in [0.3, 0.4) is 0 Å². The normalized spacial score (nSPS) is 30.7. The van der Waals surface area contributed by atoms with E-state index in [2.05, 4.69) is 18.6 Å². The van der Waals surface area contributed by atoms with E-state index in [0.29, 0.717) is 0 Å². The second-order valence-electron chi connectivity index (χ2n) is 2.24. The summed E-state index contributed by atoms with van der Waals surface area (Å²) < 4.78 is 7.86. The molecule has 54 valence electrons. The molecule has 1 saturated heterocycles. The Bertz CT molecular complexity index is 89.1. The largest absolute Gasteiger partial charge is 0.344 e. The van der Waals surface area contributed by atoms with Crippen molar-refractivity contribution < 1.29 is 4.52 Å². The van der Waals surface area contributed by atoms with Gasteiger partial charge in [0.1, 0.15) is 8.30 Å². The minimum atomic E-state index is -0.197. The molecule has 3 heteroatoms. The molecule has 1 atom stereocenters. The Kier molecular flexibility index (Phi) is 2.90. The maximum absolute atomic E-state index is 5.53. The van der Waals surface area contributed by atoms with E-state index >= 15 is 0 Å². The van der Waals surface area contributed by atoms with Crippen LogP contribution in [0.15, 0.2) is 0 Å². The van der Waals surface area contributed by atoms with Crippen molar-refractivity contribution in [3.63, 3.8) is 0 Å². The highest BCUT2D eigenvalue weighted by Gasteiger charge is 2.16. The Morgan fingerprint density at radius 1 is 1.67 bits per heavy atom. The highest BCUT2D eigenvalue weighted by atomic mass is 31.2. The lowest BCUT2D eigenvalue weighted by molar-refractivity contribution is 0.261. The summed E-state index contributed by atoms with van der Waals surface area (Å²) in [6, 6.07) is 0. The van der Waals surface area contributed by atoms with E-state index in [4.69, 9.17) is 4.52 Å². The summed E-state index contributed by atoms with van der Waals surface area (Å²) in [7, 11) is 1.95. The third kappa shape index (κ3) is 1.89. The summed E-state index contributed by atoms with van der Waals surface area (Å²) >= 11 is 0. The van der Waals surface area contributed by atoms with Crippen LogP contribution in [0.1, 0.15) is 13.3 Å². The van der Waals surface area contributed by atoms with Crippen molar-refractivity contribution in [3.05, 3.63) is 0 Å². The van der Waals surface area contributed by atoms with Crippen molar-refractivity contribution >= 4 is 8.30 Å². The summed E-state index contributed by atoms with van der Waals surface area (Å²) in [6.45, 7) is 4.39. The van der Waals surface area contributed by atoms with Gasteiger partial charge in [-0.15, -0.1) is 0 Å². The molecule has 0 aromatic carbocycles. The zero-order valence-electron chi connectivity index (χ0n) is 6.13. The average molecular weight is 147 g/mol. The second-order valence-corrected chi connectivity index (χ2v) is 4.51. The molecule has 1 aliphatic rings. The molecule has 1 heterocycles. The first kappa shape index (κ1) is 7.46.